The maximum Gasteiger partial charge on any atom is 0.209 e. The summed E-state index contributed by atoms with van der Waals surface area (Å²) in [7, 11) is 2.16. The summed E-state index contributed by atoms with van der Waals surface area (Å²) in [5.41, 5.74) is 13.9. The number of nitrogens with two attached hydrogens (primary N) is 1. The van der Waals surface area contributed by atoms with Crippen LogP contribution in [0.5, 0.6) is 5.75 Å². The molecule has 3 nitrogen and oxygen atoms in total. The van der Waals surface area contributed by atoms with E-state index in [4.69, 9.17) is 10.5 Å². The van der Waals surface area contributed by atoms with Gasteiger partial charge in [-0.2, -0.15) is 4.58 Å². The molecule has 3 aromatic carbocycles. The molecule has 1 heterocycles. The zero-order valence-electron chi connectivity index (χ0n) is 18.5. The molecule has 160 valence electrons. The average molecular weight is 433 g/mol. The molecule has 4 heteroatoms. The van der Waals surface area contributed by atoms with E-state index in [2.05, 4.69) is 80.1 Å². The van der Waals surface area contributed by atoms with Gasteiger partial charge in [0.2, 0.25) is 5.69 Å². The van der Waals surface area contributed by atoms with Crippen molar-refractivity contribution in [1.82, 2.24) is 0 Å². The van der Waals surface area contributed by atoms with Crippen LogP contribution in [-0.2, 0) is 5.41 Å². The van der Waals surface area contributed by atoms with Crippen molar-refractivity contribution in [2.45, 2.75) is 26.2 Å². The third kappa shape index (κ3) is 4.24. The Morgan fingerprint density at radius 2 is 1.61 bits per heavy atom. The maximum absolute atomic E-state index is 5.91. The topological polar surface area (TPSA) is 38.3 Å². The molecule has 0 radical (unpaired) electrons. The van der Waals surface area contributed by atoms with Crippen molar-refractivity contribution < 1.29 is 21.7 Å². The Morgan fingerprint density at radius 1 is 0.968 bits per heavy atom. The third-order valence-corrected chi connectivity index (χ3v) is 5.85. The van der Waals surface area contributed by atoms with Gasteiger partial charge in [0.25, 0.3) is 0 Å². The van der Waals surface area contributed by atoms with E-state index in [9.17, 15) is 0 Å². The van der Waals surface area contributed by atoms with Gasteiger partial charge in [-0.25, -0.2) is 0 Å². The van der Waals surface area contributed by atoms with E-state index in [1.54, 1.807) is 0 Å². The van der Waals surface area contributed by atoms with E-state index in [1.165, 1.54) is 22.5 Å². The first kappa shape index (κ1) is 22.6. The molecule has 0 unspecified atom stereocenters. The summed E-state index contributed by atoms with van der Waals surface area (Å²) in [6.45, 7) is 7.27. The minimum atomic E-state index is -0.121. The molecule has 0 saturated carbocycles. The lowest BCUT2D eigenvalue weighted by Gasteiger charge is -2.20. The maximum atomic E-state index is 5.91. The Morgan fingerprint density at radius 3 is 2.23 bits per heavy atom. The van der Waals surface area contributed by atoms with E-state index >= 15 is 0 Å². The zero-order chi connectivity index (χ0) is 21.3. The number of nitrogen functional groups attached to an aromatic ring is 1. The SMILES string of the molecule is CCOc1ccc(C(=Cc2ccc(N)cc2)C2=[N+](C)c3ccccc3C2(C)C)cc1.[Cl-]. The number of ether oxygens (including phenoxy) is 1. The van der Waals surface area contributed by atoms with Crippen LogP contribution >= 0.6 is 0 Å². The van der Waals surface area contributed by atoms with E-state index in [0.29, 0.717) is 6.61 Å². The number of allylic oxidation sites excluding steroid dienone is 1. The second-order valence-electron chi connectivity index (χ2n) is 8.23. The lowest BCUT2D eigenvalue weighted by atomic mass is 9.77. The van der Waals surface area contributed by atoms with E-state index in [-0.39, 0.29) is 17.8 Å². The number of benzene rings is 3. The highest BCUT2D eigenvalue weighted by Gasteiger charge is 2.46. The first-order chi connectivity index (χ1) is 14.4. The summed E-state index contributed by atoms with van der Waals surface area (Å²) < 4.78 is 7.99. The second kappa shape index (κ2) is 8.99. The fraction of sp³-hybridized carbons (Fsp3) is 0.222. The molecule has 1 aliphatic rings. The highest BCUT2D eigenvalue weighted by molar-refractivity contribution is 6.30. The normalized spacial score (nSPS) is 14.8. The Hall–Kier alpha value is -3.04. The molecule has 0 amide bonds. The minimum absolute atomic E-state index is 0. The Kier molecular flexibility index (Phi) is 6.56. The van der Waals surface area contributed by atoms with E-state index in [1.807, 2.05) is 31.2 Å². The molecule has 2 N–H and O–H groups in total. The predicted octanol–water partition coefficient (Wildman–Crippen LogP) is 2.92. The molecule has 31 heavy (non-hydrogen) atoms. The highest BCUT2D eigenvalue weighted by atomic mass is 35.5. The van der Waals surface area contributed by atoms with Crippen molar-refractivity contribution in [3.8, 4) is 5.75 Å². The van der Waals surface area contributed by atoms with Crippen molar-refractivity contribution >= 4 is 28.7 Å². The second-order valence-corrected chi connectivity index (χ2v) is 8.23. The van der Waals surface area contributed by atoms with Gasteiger partial charge >= 0.3 is 0 Å². The quantitative estimate of drug-likeness (QED) is 0.382. The van der Waals surface area contributed by atoms with Crippen LogP contribution in [0.3, 0.4) is 0 Å². The number of halogens is 1. The average Bonchev–Trinajstić information content (AvgIpc) is 2.95. The predicted molar refractivity (Wildman–Crippen MR) is 127 cm³/mol. The van der Waals surface area contributed by atoms with Gasteiger partial charge < -0.3 is 22.9 Å². The van der Waals surface area contributed by atoms with Gasteiger partial charge in [-0.1, -0.05) is 42.5 Å². The first-order valence-electron chi connectivity index (χ1n) is 10.4. The molecule has 1 aliphatic heterocycles. The van der Waals surface area contributed by atoms with Crippen LogP contribution in [0.4, 0.5) is 11.4 Å². The minimum Gasteiger partial charge on any atom is -1.00 e. The lowest BCUT2D eigenvalue weighted by molar-refractivity contribution is -0.401. The summed E-state index contributed by atoms with van der Waals surface area (Å²) in [5, 5.41) is 0. The van der Waals surface area contributed by atoms with Gasteiger partial charge in [-0.3, -0.25) is 0 Å². The zero-order valence-corrected chi connectivity index (χ0v) is 19.3. The molecule has 0 bridgehead atoms. The van der Waals surface area contributed by atoms with Crippen LogP contribution in [0.15, 0.2) is 72.8 Å². The molecule has 0 aliphatic carbocycles. The lowest BCUT2D eigenvalue weighted by Crippen LogP contribution is -3.00. The molecule has 4 rings (SSSR count). The number of hydrogen-bond acceptors (Lipinski definition) is 2. The molecule has 3 aromatic rings. The third-order valence-electron chi connectivity index (χ3n) is 5.85. The van der Waals surface area contributed by atoms with Gasteiger partial charge in [-0.15, -0.1) is 0 Å². The Bertz CT molecular complexity index is 1130. The van der Waals surface area contributed by atoms with Crippen LogP contribution in [0.25, 0.3) is 11.6 Å². The fourth-order valence-electron chi connectivity index (χ4n) is 4.42. The molecular formula is C27H29ClN2O. The van der Waals surface area contributed by atoms with Crippen LogP contribution < -0.4 is 22.9 Å². The van der Waals surface area contributed by atoms with Crippen molar-refractivity contribution in [1.29, 1.82) is 0 Å². The van der Waals surface area contributed by atoms with Gasteiger partial charge in [-0.05, 0) is 62.2 Å². The number of rotatable bonds is 5. The number of para-hydroxylation sites is 1. The number of anilines is 1. The van der Waals surface area contributed by atoms with Crippen molar-refractivity contribution in [3.63, 3.8) is 0 Å². The molecule has 0 atom stereocenters. The molecule has 0 spiro atoms. The molecule has 0 saturated heterocycles. The van der Waals surface area contributed by atoms with E-state index in [0.717, 1.165) is 22.6 Å². The van der Waals surface area contributed by atoms with E-state index < -0.39 is 0 Å². The van der Waals surface area contributed by atoms with Gasteiger partial charge in [0.15, 0.2) is 5.71 Å². The molecule has 0 aromatic heterocycles. The van der Waals surface area contributed by atoms with Crippen LogP contribution in [0.1, 0.15) is 37.5 Å². The largest absolute Gasteiger partial charge is 1.00 e. The van der Waals surface area contributed by atoms with Crippen molar-refractivity contribution in [2.75, 3.05) is 19.4 Å². The summed E-state index contributed by atoms with van der Waals surface area (Å²) in [6, 6.07) is 25.1. The standard InChI is InChI=1S/C27H28N2O.ClH/c1-5-30-22-16-12-20(13-17-22)23(18-19-10-14-21(28)15-11-19)26-27(2,3)24-8-6-7-9-25(24)29(26)4;/h6-18,28H,5H2,1-4H3;1H. The summed E-state index contributed by atoms with van der Waals surface area (Å²) in [5.74, 6) is 0.889. The number of fused-ring (bicyclic) bond motifs is 1. The van der Waals surface area contributed by atoms with Gasteiger partial charge in [0.05, 0.1) is 17.6 Å². The van der Waals surface area contributed by atoms with Crippen molar-refractivity contribution in [2.24, 2.45) is 0 Å². The highest BCUT2D eigenvalue weighted by Crippen LogP contribution is 2.43. The number of nitrogens with zero attached hydrogens (tertiary/aromatic N) is 1. The van der Waals surface area contributed by atoms with Crippen LogP contribution in [-0.4, -0.2) is 23.9 Å². The molecule has 0 fully saturated rings. The van der Waals surface area contributed by atoms with Gasteiger partial charge in [0.1, 0.15) is 12.8 Å². The number of hydrogen-bond donors (Lipinski definition) is 1. The summed E-state index contributed by atoms with van der Waals surface area (Å²) in [6.07, 6.45) is 2.26. The molecular weight excluding hydrogens is 404 g/mol. The van der Waals surface area contributed by atoms with Gasteiger partial charge in [0, 0.05) is 17.3 Å². The summed E-state index contributed by atoms with van der Waals surface area (Å²) in [4.78, 5) is 0. The Labute approximate surface area is 191 Å². The monoisotopic (exact) mass is 432 g/mol. The Balaban J connectivity index is 0.00000272. The van der Waals surface area contributed by atoms with Crippen LogP contribution in [0, 0.1) is 0 Å². The van der Waals surface area contributed by atoms with Crippen LogP contribution in [0.2, 0.25) is 0 Å². The first-order valence-corrected chi connectivity index (χ1v) is 10.4. The fourth-order valence-corrected chi connectivity index (χ4v) is 4.42. The summed E-state index contributed by atoms with van der Waals surface area (Å²) >= 11 is 0. The van der Waals surface area contributed by atoms with Crippen molar-refractivity contribution in [3.05, 3.63) is 89.5 Å². The smallest absolute Gasteiger partial charge is 0.209 e.